The van der Waals surface area contributed by atoms with Crippen molar-refractivity contribution in [2.75, 3.05) is 30.4 Å². The highest BCUT2D eigenvalue weighted by Gasteiger charge is 2.35. The van der Waals surface area contributed by atoms with Crippen LogP contribution in [0.5, 0.6) is 0 Å². The van der Waals surface area contributed by atoms with Crippen molar-refractivity contribution in [2.45, 2.75) is 38.1 Å². The van der Waals surface area contributed by atoms with Crippen LogP contribution >= 0.6 is 0 Å². The predicted octanol–water partition coefficient (Wildman–Crippen LogP) is 3.08. The fourth-order valence-corrected chi connectivity index (χ4v) is 3.18. The highest BCUT2D eigenvalue weighted by molar-refractivity contribution is 6.39. The summed E-state index contributed by atoms with van der Waals surface area (Å²) in [5, 5.41) is 6.67. The molecule has 1 aromatic heterocycles. The zero-order chi connectivity index (χ0) is 24.6. The molecule has 0 radical (unpaired) electrons. The number of ether oxygens (including phenoxy) is 2. The molecule has 12 heteroatoms. The summed E-state index contributed by atoms with van der Waals surface area (Å²) in [7, 11) is 0. The van der Waals surface area contributed by atoms with Gasteiger partial charge in [0.05, 0.1) is 17.5 Å². The number of nitrogens with one attached hydrogen (secondary N) is 3. The standard InChI is InChI=1S/C22H24F3N3O6/c23-22(24,25)16-12-14(27-19(29)18-5-2-11-34-18)6-7-17(16)28-21(31)20(30)26-8-3-9-32-13-15-4-1-10-33-15/h1,4,6-7,10,12,18H,2-3,5,8-9,11,13H2,(H,26,30)(H,27,29)(H,28,31). The second-order valence-corrected chi connectivity index (χ2v) is 7.44. The van der Waals surface area contributed by atoms with Gasteiger partial charge in [-0.3, -0.25) is 14.4 Å². The fourth-order valence-electron chi connectivity index (χ4n) is 3.18. The topological polar surface area (TPSA) is 119 Å². The number of benzene rings is 1. The number of furan rings is 1. The zero-order valence-electron chi connectivity index (χ0n) is 18.1. The van der Waals surface area contributed by atoms with Gasteiger partial charge in [-0.15, -0.1) is 0 Å². The molecule has 9 nitrogen and oxygen atoms in total. The van der Waals surface area contributed by atoms with E-state index in [2.05, 4.69) is 10.6 Å². The minimum atomic E-state index is -4.84. The van der Waals surface area contributed by atoms with E-state index in [1.165, 1.54) is 12.3 Å². The molecule has 1 atom stereocenters. The smallest absolute Gasteiger partial charge is 0.418 e. The van der Waals surface area contributed by atoms with E-state index in [-0.39, 0.29) is 25.4 Å². The van der Waals surface area contributed by atoms with Crippen molar-refractivity contribution in [3.05, 3.63) is 47.9 Å². The highest BCUT2D eigenvalue weighted by Crippen LogP contribution is 2.36. The maximum absolute atomic E-state index is 13.5. The minimum Gasteiger partial charge on any atom is -0.467 e. The summed E-state index contributed by atoms with van der Waals surface area (Å²) >= 11 is 0. The average Bonchev–Trinajstić information content (AvgIpc) is 3.50. The van der Waals surface area contributed by atoms with Gasteiger partial charge in [0.15, 0.2) is 0 Å². The minimum absolute atomic E-state index is 0.0880. The molecule has 3 N–H and O–H groups in total. The van der Waals surface area contributed by atoms with Crippen LogP contribution in [0, 0.1) is 0 Å². The Hall–Kier alpha value is -3.38. The maximum atomic E-state index is 13.5. The normalized spacial score (nSPS) is 15.7. The van der Waals surface area contributed by atoms with Crippen LogP contribution in [0.3, 0.4) is 0 Å². The van der Waals surface area contributed by atoms with E-state index in [1.807, 2.05) is 5.32 Å². The first-order valence-corrected chi connectivity index (χ1v) is 10.6. The van der Waals surface area contributed by atoms with E-state index >= 15 is 0 Å². The summed E-state index contributed by atoms with van der Waals surface area (Å²) in [5.41, 5.74) is -1.92. The van der Waals surface area contributed by atoms with Crippen LogP contribution in [0.2, 0.25) is 0 Å². The third-order valence-corrected chi connectivity index (χ3v) is 4.84. The van der Waals surface area contributed by atoms with Crippen molar-refractivity contribution in [1.29, 1.82) is 0 Å². The molecule has 34 heavy (non-hydrogen) atoms. The summed E-state index contributed by atoms with van der Waals surface area (Å²) in [6, 6.07) is 6.33. The van der Waals surface area contributed by atoms with E-state index < -0.39 is 41.3 Å². The Balaban J connectivity index is 1.50. The molecule has 0 saturated carbocycles. The van der Waals surface area contributed by atoms with Crippen molar-refractivity contribution < 1.29 is 41.4 Å². The zero-order valence-corrected chi connectivity index (χ0v) is 18.1. The molecule has 0 aliphatic carbocycles. The largest absolute Gasteiger partial charge is 0.467 e. The molecule has 1 unspecified atom stereocenters. The molecule has 1 aromatic carbocycles. The van der Waals surface area contributed by atoms with Crippen LogP contribution in [-0.4, -0.2) is 43.6 Å². The van der Waals surface area contributed by atoms with Crippen LogP contribution in [0.25, 0.3) is 0 Å². The van der Waals surface area contributed by atoms with Crippen LogP contribution in [0.15, 0.2) is 41.0 Å². The number of hydrogen-bond donors (Lipinski definition) is 3. The number of carbonyl (C=O) groups excluding carboxylic acids is 3. The summed E-state index contributed by atoms with van der Waals surface area (Å²) in [6.45, 7) is 1.04. The Morgan fingerprint density at radius 1 is 1.12 bits per heavy atom. The van der Waals surface area contributed by atoms with Crippen molar-refractivity contribution in [1.82, 2.24) is 5.32 Å². The molecular weight excluding hydrogens is 459 g/mol. The Labute approximate surface area is 193 Å². The van der Waals surface area contributed by atoms with Gasteiger partial charge in [-0.25, -0.2) is 0 Å². The first-order valence-electron chi connectivity index (χ1n) is 10.6. The predicted molar refractivity (Wildman–Crippen MR) is 114 cm³/mol. The SMILES string of the molecule is O=C(NCCCOCc1ccco1)C(=O)Nc1ccc(NC(=O)C2CCCO2)cc1C(F)(F)F. The number of carbonyl (C=O) groups is 3. The molecule has 1 aliphatic rings. The number of alkyl halides is 3. The highest BCUT2D eigenvalue weighted by atomic mass is 19.4. The van der Waals surface area contributed by atoms with Crippen molar-refractivity contribution in [3.8, 4) is 0 Å². The second kappa shape index (κ2) is 11.7. The summed E-state index contributed by atoms with van der Waals surface area (Å²) in [6.07, 6.45) is -2.49. The van der Waals surface area contributed by atoms with Gasteiger partial charge in [0, 0.05) is 25.4 Å². The molecule has 1 saturated heterocycles. The first kappa shape index (κ1) is 25.2. The van der Waals surface area contributed by atoms with E-state index in [0.717, 1.165) is 6.07 Å². The molecule has 1 fully saturated rings. The van der Waals surface area contributed by atoms with E-state index in [0.29, 0.717) is 37.7 Å². The molecule has 0 spiro atoms. The molecule has 3 amide bonds. The Kier molecular flexibility index (Phi) is 8.66. The number of anilines is 2. The van der Waals surface area contributed by atoms with Gasteiger partial charge >= 0.3 is 18.0 Å². The molecule has 0 bridgehead atoms. The summed E-state index contributed by atoms with van der Waals surface area (Å²) in [5.74, 6) is -2.25. The van der Waals surface area contributed by atoms with Crippen molar-refractivity contribution in [2.24, 2.45) is 0 Å². The quantitative estimate of drug-likeness (QED) is 0.373. The van der Waals surface area contributed by atoms with Crippen molar-refractivity contribution >= 4 is 29.1 Å². The lowest BCUT2D eigenvalue weighted by Crippen LogP contribution is -2.36. The van der Waals surface area contributed by atoms with Gasteiger partial charge in [0.1, 0.15) is 18.5 Å². The average molecular weight is 483 g/mol. The number of amides is 3. The molecule has 2 heterocycles. The first-order chi connectivity index (χ1) is 16.2. The molecule has 184 valence electrons. The Bertz CT molecular complexity index is 988. The van der Waals surface area contributed by atoms with Crippen LogP contribution in [0.1, 0.15) is 30.6 Å². The second-order valence-electron chi connectivity index (χ2n) is 7.44. The Morgan fingerprint density at radius 3 is 2.62 bits per heavy atom. The van der Waals surface area contributed by atoms with Crippen LogP contribution in [-0.2, 0) is 36.6 Å². The number of halogens is 3. The lowest BCUT2D eigenvalue weighted by atomic mass is 10.1. The molecule has 1 aliphatic heterocycles. The molecule has 3 rings (SSSR count). The third-order valence-electron chi connectivity index (χ3n) is 4.84. The lowest BCUT2D eigenvalue weighted by Gasteiger charge is -2.16. The van der Waals surface area contributed by atoms with Gasteiger partial charge in [0.2, 0.25) is 0 Å². The van der Waals surface area contributed by atoms with Gasteiger partial charge in [-0.2, -0.15) is 13.2 Å². The van der Waals surface area contributed by atoms with E-state index in [1.54, 1.807) is 12.1 Å². The van der Waals surface area contributed by atoms with Gasteiger partial charge in [-0.05, 0) is 49.6 Å². The van der Waals surface area contributed by atoms with Crippen LogP contribution in [0.4, 0.5) is 24.5 Å². The van der Waals surface area contributed by atoms with Gasteiger partial charge < -0.3 is 29.8 Å². The fraction of sp³-hybridized carbons (Fsp3) is 0.409. The number of rotatable bonds is 9. The molecular formula is C22H24F3N3O6. The van der Waals surface area contributed by atoms with Crippen molar-refractivity contribution in [3.63, 3.8) is 0 Å². The summed E-state index contributed by atoms with van der Waals surface area (Å²) < 4.78 is 56.2. The Morgan fingerprint density at radius 2 is 1.94 bits per heavy atom. The number of hydrogen-bond acceptors (Lipinski definition) is 6. The maximum Gasteiger partial charge on any atom is 0.418 e. The van der Waals surface area contributed by atoms with E-state index in [9.17, 15) is 27.6 Å². The third kappa shape index (κ3) is 7.32. The lowest BCUT2D eigenvalue weighted by molar-refractivity contribution is -0.138. The van der Waals surface area contributed by atoms with Gasteiger partial charge in [-0.1, -0.05) is 0 Å². The summed E-state index contributed by atoms with van der Waals surface area (Å²) in [4.78, 5) is 36.1. The van der Waals surface area contributed by atoms with E-state index in [4.69, 9.17) is 13.9 Å². The molecule has 2 aromatic rings. The van der Waals surface area contributed by atoms with Crippen LogP contribution < -0.4 is 16.0 Å². The monoisotopic (exact) mass is 483 g/mol. The van der Waals surface area contributed by atoms with Gasteiger partial charge in [0.25, 0.3) is 5.91 Å².